The third-order valence-corrected chi connectivity index (χ3v) is 3.92. The van der Waals surface area contributed by atoms with Crippen molar-refractivity contribution in [3.63, 3.8) is 0 Å². The molecule has 0 aliphatic heterocycles. The van der Waals surface area contributed by atoms with Gasteiger partial charge >= 0.3 is 0 Å². The number of fused-ring (bicyclic) bond motifs is 2. The number of nitrogens with two attached hydrogens (primary N) is 1. The molecule has 2 aliphatic carbocycles. The van der Waals surface area contributed by atoms with Gasteiger partial charge in [0, 0.05) is 0 Å². The van der Waals surface area contributed by atoms with Gasteiger partial charge in [0.2, 0.25) is 6.41 Å². The van der Waals surface area contributed by atoms with Crippen LogP contribution in [-0.4, -0.2) is 12.1 Å². The molecule has 0 heterocycles. The fourth-order valence-electron chi connectivity index (χ4n) is 3.02. The van der Waals surface area contributed by atoms with E-state index in [1.54, 1.807) is 0 Å². The monoisotopic (exact) mass is 168 g/mol. The summed E-state index contributed by atoms with van der Waals surface area (Å²) >= 11 is 0. The molecule has 2 saturated carbocycles. The second-order valence-corrected chi connectivity index (χ2v) is 4.25. The minimum atomic E-state index is -0.398. The normalized spacial score (nSPS) is 51.0. The molecule has 68 valence electrons. The Hall–Kier alpha value is -0.570. The highest BCUT2D eigenvalue weighted by Gasteiger charge is 2.53. The Balaban J connectivity index is 2.20. The van der Waals surface area contributed by atoms with Crippen LogP contribution in [0.2, 0.25) is 0 Å². The van der Waals surface area contributed by atoms with E-state index in [2.05, 4.69) is 12.2 Å². The van der Waals surface area contributed by atoms with Crippen molar-refractivity contribution in [2.24, 2.45) is 23.5 Å². The lowest BCUT2D eigenvalue weighted by Gasteiger charge is -2.38. The van der Waals surface area contributed by atoms with E-state index in [-0.39, 0.29) is 0 Å². The number of hydrogen-bond acceptors (Lipinski definition) is 2. The Kier molecular flexibility index (Phi) is 1.65. The SMILES string of the molecule is CC1C2CCC(C2)C1(N)NC=O. The highest BCUT2D eigenvalue weighted by atomic mass is 16.1. The van der Waals surface area contributed by atoms with Crippen molar-refractivity contribution in [2.45, 2.75) is 31.8 Å². The van der Waals surface area contributed by atoms with Gasteiger partial charge in [0.05, 0.1) is 5.66 Å². The zero-order valence-corrected chi connectivity index (χ0v) is 7.42. The molecule has 3 N–H and O–H groups in total. The molecular formula is C9H16N2O. The van der Waals surface area contributed by atoms with E-state index < -0.39 is 5.66 Å². The molecule has 0 spiro atoms. The Morgan fingerprint density at radius 1 is 1.58 bits per heavy atom. The van der Waals surface area contributed by atoms with Gasteiger partial charge in [-0.05, 0) is 37.0 Å². The lowest BCUT2D eigenvalue weighted by Crippen LogP contribution is -2.61. The first-order chi connectivity index (χ1) is 5.68. The van der Waals surface area contributed by atoms with Crippen molar-refractivity contribution in [1.29, 1.82) is 0 Å². The van der Waals surface area contributed by atoms with Crippen molar-refractivity contribution in [2.75, 3.05) is 0 Å². The Labute approximate surface area is 72.7 Å². The van der Waals surface area contributed by atoms with Gasteiger partial charge in [0.15, 0.2) is 0 Å². The van der Waals surface area contributed by atoms with E-state index in [4.69, 9.17) is 5.73 Å². The summed E-state index contributed by atoms with van der Waals surface area (Å²) in [6.07, 6.45) is 4.44. The number of carbonyl (C=O) groups excluding carboxylic acids is 1. The van der Waals surface area contributed by atoms with Crippen LogP contribution in [0.5, 0.6) is 0 Å². The van der Waals surface area contributed by atoms with E-state index in [0.29, 0.717) is 11.8 Å². The zero-order valence-electron chi connectivity index (χ0n) is 7.42. The van der Waals surface area contributed by atoms with E-state index in [0.717, 1.165) is 12.3 Å². The number of rotatable bonds is 2. The second-order valence-electron chi connectivity index (χ2n) is 4.25. The van der Waals surface area contributed by atoms with Gasteiger partial charge in [-0.2, -0.15) is 0 Å². The quantitative estimate of drug-likeness (QED) is 0.464. The van der Waals surface area contributed by atoms with Gasteiger partial charge in [0.25, 0.3) is 0 Å². The molecule has 0 radical (unpaired) electrons. The highest BCUT2D eigenvalue weighted by Crippen LogP contribution is 2.51. The number of carbonyl (C=O) groups is 1. The van der Waals surface area contributed by atoms with Crippen molar-refractivity contribution < 1.29 is 4.79 Å². The lowest BCUT2D eigenvalue weighted by atomic mass is 9.81. The largest absolute Gasteiger partial charge is 0.340 e. The van der Waals surface area contributed by atoms with Gasteiger partial charge in [0.1, 0.15) is 0 Å². The van der Waals surface area contributed by atoms with E-state index in [1.165, 1.54) is 19.3 Å². The first kappa shape index (κ1) is 8.05. The average Bonchev–Trinajstić information content (AvgIpc) is 2.57. The molecule has 2 fully saturated rings. The minimum absolute atomic E-state index is 0.398. The van der Waals surface area contributed by atoms with E-state index in [1.807, 2.05) is 0 Å². The summed E-state index contributed by atoms with van der Waals surface area (Å²) in [7, 11) is 0. The predicted octanol–water partition coefficient (Wildman–Crippen LogP) is 0.453. The maximum atomic E-state index is 10.4. The molecule has 0 saturated heterocycles. The van der Waals surface area contributed by atoms with Gasteiger partial charge in [-0.1, -0.05) is 6.92 Å². The van der Waals surface area contributed by atoms with Crippen LogP contribution >= 0.6 is 0 Å². The van der Waals surface area contributed by atoms with Crippen molar-refractivity contribution in [3.8, 4) is 0 Å². The maximum Gasteiger partial charge on any atom is 0.208 e. The Morgan fingerprint density at radius 2 is 2.33 bits per heavy atom. The molecule has 0 aromatic rings. The molecular weight excluding hydrogens is 152 g/mol. The van der Waals surface area contributed by atoms with Crippen LogP contribution in [0.25, 0.3) is 0 Å². The molecule has 2 aliphatic rings. The van der Waals surface area contributed by atoms with Crippen LogP contribution in [0.15, 0.2) is 0 Å². The molecule has 3 nitrogen and oxygen atoms in total. The summed E-state index contributed by atoms with van der Waals surface area (Å²) in [5.41, 5.74) is 5.76. The van der Waals surface area contributed by atoms with E-state index >= 15 is 0 Å². The molecule has 0 aromatic carbocycles. The van der Waals surface area contributed by atoms with Gasteiger partial charge < -0.3 is 11.1 Å². The molecule has 12 heavy (non-hydrogen) atoms. The molecule has 3 heteroatoms. The van der Waals surface area contributed by atoms with Crippen molar-refractivity contribution >= 4 is 6.41 Å². The summed E-state index contributed by atoms with van der Waals surface area (Å²) in [6.45, 7) is 2.15. The average molecular weight is 168 g/mol. The van der Waals surface area contributed by atoms with Gasteiger partial charge in [-0.3, -0.25) is 4.79 Å². The number of nitrogens with one attached hydrogen (secondary N) is 1. The molecule has 1 amide bonds. The summed E-state index contributed by atoms with van der Waals surface area (Å²) in [5, 5.41) is 2.80. The van der Waals surface area contributed by atoms with Crippen LogP contribution < -0.4 is 11.1 Å². The van der Waals surface area contributed by atoms with Gasteiger partial charge in [-0.25, -0.2) is 0 Å². The minimum Gasteiger partial charge on any atom is -0.340 e. The smallest absolute Gasteiger partial charge is 0.208 e. The maximum absolute atomic E-state index is 10.4. The Morgan fingerprint density at radius 3 is 2.83 bits per heavy atom. The lowest BCUT2D eigenvalue weighted by molar-refractivity contribution is -0.112. The molecule has 4 unspecified atom stereocenters. The molecule has 2 rings (SSSR count). The third kappa shape index (κ3) is 0.829. The van der Waals surface area contributed by atoms with Crippen LogP contribution in [0.3, 0.4) is 0 Å². The number of amides is 1. The fourth-order valence-corrected chi connectivity index (χ4v) is 3.02. The zero-order chi connectivity index (χ0) is 8.77. The Bertz CT molecular complexity index is 203. The third-order valence-electron chi connectivity index (χ3n) is 3.92. The molecule has 2 bridgehead atoms. The first-order valence-corrected chi connectivity index (χ1v) is 4.68. The first-order valence-electron chi connectivity index (χ1n) is 4.68. The summed E-state index contributed by atoms with van der Waals surface area (Å²) < 4.78 is 0. The standard InChI is InChI=1S/C9H16N2O/c1-6-7-2-3-8(4-7)9(6,10)11-5-12/h5-8H,2-4,10H2,1H3,(H,11,12). The number of hydrogen-bond donors (Lipinski definition) is 2. The topological polar surface area (TPSA) is 55.1 Å². The summed E-state index contributed by atoms with van der Waals surface area (Å²) in [5.74, 6) is 1.71. The molecule has 4 atom stereocenters. The highest BCUT2D eigenvalue weighted by molar-refractivity contribution is 5.48. The molecule has 0 aromatic heterocycles. The predicted molar refractivity (Wildman–Crippen MR) is 46.1 cm³/mol. The fraction of sp³-hybridized carbons (Fsp3) is 0.889. The summed E-state index contributed by atoms with van der Waals surface area (Å²) in [4.78, 5) is 10.4. The van der Waals surface area contributed by atoms with Crippen LogP contribution in [0.1, 0.15) is 26.2 Å². The second kappa shape index (κ2) is 2.46. The van der Waals surface area contributed by atoms with Crippen LogP contribution in [0.4, 0.5) is 0 Å². The van der Waals surface area contributed by atoms with Crippen molar-refractivity contribution in [3.05, 3.63) is 0 Å². The summed E-state index contributed by atoms with van der Waals surface area (Å²) in [6, 6.07) is 0. The van der Waals surface area contributed by atoms with E-state index in [9.17, 15) is 4.79 Å². The van der Waals surface area contributed by atoms with Crippen LogP contribution in [0, 0.1) is 17.8 Å². The van der Waals surface area contributed by atoms with Crippen LogP contribution in [-0.2, 0) is 4.79 Å². The van der Waals surface area contributed by atoms with Gasteiger partial charge in [-0.15, -0.1) is 0 Å². The van der Waals surface area contributed by atoms with Crippen molar-refractivity contribution in [1.82, 2.24) is 5.32 Å².